The topological polar surface area (TPSA) is 83.7 Å². The number of likely N-dealkylation sites (tertiary alicyclic amines) is 1. The molecule has 2 aliphatic rings. The van der Waals surface area contributed by atoms with Crippen LogP contribution in [0.3, 0.4) is 0 Å². The Balaban J connectivity index is 1.54. The number of aromatic nitrogens is 1. The third-order valence-electron chi connectivity index (χ3n) is 7.05. The van der Waals surface area contributed by atoms with Crippen LogP contribution in [0.15, 0.2) is 33.7 Å². The summed E-state index contributed by atoms with van der Waals surface area (Å²) in [6, 6.07) is 8.20. The van der Waals surface area contributed by atoms with E-state index in [2.05, 4.69) is 12.1 Å². The lowest BCUT2D eigenvalue weighted by Crippen LogP contribution is -2.51. The van der Waals surface area contributed by atoms with Crippen molar-refractivity contribution in [2.24, 2.45) is 5.92 Å². The number of hydrogen-bond acceptors (Lipinski definition) is 5. The predicted molar refractivity (Wildman–Crippen MR) is 132 cm³/mol. The molecule has 2 atom stereocenters. The third kappa shape index (κ3) is 5.13. The Bertz CT molecular complexity index is 1140. The molecule has 3 heterocycles. The minimum Gasteiger partial charge on any atom is -0.355 e. The SMILES string of the molecule is CCC1CCCCN1C(=O)C1CCCN(S(=O)(=O)c2c(C)noc2C=Cc2ccc(C)cc2)C1. The molecule has 0 radical (unpaired) electrons. The van der Waals surface area contributed by atoms with Crippen LogP contribution in [0.4, 0.5) is 0 Å². The molecule has 7 nitrogen and oxygen atoms in total. The summed E-state index contributed by atoms with van der Waals surface area (Å²) >= 11 is 0. The van der Waals surface area contributed by atoms with Crippen molar-refractivity contribution in [2.75, 3.05) is 19.6 Å². The zero-order valence-electron chi connectivity index (χ0n) is 20.4. The van der Waals surface area contributed by atoms with E-state index in [0.29, 0.717) is 18.7 Å². The number of aryl methyl sites for hydroxylation is 2. The molecule has 0 bridgehead atoms. The number of amides is 1. The number of benzene rings is 1. The second kappa shape index (κ2) is 10.4. The molecule has 34 heavy (non-hydrogen) atoms. The fourth-order valence-corrected chi connectivity index (χ4v) is 6.86. The van der Waals surface area contributed by atoms with E-state index in [1.165, 1.54) is 4.31 Å². The van der Waals surface area contributed by atoms with Crippen molar-refractivity contribution in [1.82, 2.24) is 14.4 Å². The molecule has 1 amide bonds. The molecule has 2 saturated heterocycles. The maximum Gasteiger partial charge on any atom is 0.248 e. The molecule has 0 spiro atoms. The monoisotopic (exact) mass is 485 g/mol. The van der Waals surface area contributed by atoms with Gasteiger partial charge in [0, 0.05) is 25.7 Å². The average molecular weight is 486 g/mol. The van der Waals surface area contributed by atoms with Crippen molar-refractivity contribution in [3.63, 3.8) is 0 Å². The third-order valence-corrected chi connectivity index (χ3v) is 9.07. The molecule has 2 aliphatic heterocycles. The molecule has 184 valence electrons. The number of carbonyl (C=O) groups is 1. The van der Waals surface area contributed by atoms with Crippen molar-refractivity contribution in [3.05, 3.63) is 46.8 Å². The highest BCUT2D eigenvalue weighted by molar-refractivity contribution is 7.89. The zero-order valence-corrected chi connectivity index (χ0v) is 21.2. The summed E-state index contributed by atoms with van der Waals surface area (Å²) < 4.78 is 34.2. The first-order valence-electron chi connectivity index (χ1n) is 12.3. The average Bonchev–Trinajstić information content (AvgIpc) is 3.24. The number of nitrogens with zero attached hydrogens (tertiary/aromatic N) is 3. The summed E-state index contributed by atoms with van der Waals surface area (Å²) in [6.45, 7) is 7.16. The molecular formula is C26H35N3O4S. The van der Waals surface area contributed by atoms with Gasteiger partial charge in [-0.1, -0.05) is 48.0 Å². The lowest BCUT2D eigenvalue weighted by molar-refractivity contribution is -0.140. The Labute approximate surface area is 202 Å². The van der Waals surface area contributed by atoms with E-state index in [4.69, 9.17) is 4.52 Å². The summed E-state index contributed by atoms with van der Waals surface area (Å²) in [5.41, 5.74) is 2.43. The van der Waals surface area contributed by atoms with Crippen molar-refractivity contribution in [1.29, 1.82) is 0 Å². The van der Waals surface area contributed by atoms with Gasteiger partial charge in [-0.3, -0.25) is 4.79 Å². The molecule has 1 aromatic heterocycles. The van der Waals surface area contributed by atoms with Crippen LogP contribution in [-0.4, -0.2) is 54.4 Å². The number of hydrogen-bond donors (Lipinski definition) is 0. The molecule has 1 aromatic carbocycles. The van der Waals surface area contributed by atoms with Gasteiger partial charge in [0.25, 0.3) is 0 Å². The molecule has 0 N–H and O–H groups in total. The van der Waals surface area contributed by atoms with Gasteiger partial charge in [-0.2, -0.15) is 4.31 Å². The van der Waals surface area contributed by atoms with Crippen molar-refractivity contribution < 1.29 is 17.7 Å². The molecule has 2 fully saturated rings. The van der Waals surface area contributed by atoms with Gasteiger partial charge in [-0.05, 0) is 64.0 Å². The Kier molecular flexibility index (Phi) is 7.57. The summed E-state index contributed by atoms with van der Waals surface area (Å²) in [5.74, 6) is 0.0176. The highest BCUT2D eigenvalue weighted by Gasteiger charge is 2.39. The Morgan fingerprint density at radius 1 is 1.09 bits per heavy atom. The molecule has 0 saturated carbocycles. The lowest BCUT2D eigenvalue weighted by Gasteiger charge is -2.39. The smallest absolute Gasteiger partial charge is 0.248 e. The Hall–Kier alpha value is -2.45. The van der Waals surface area contributed by atoms with E-state index in [1.807, 2.05) is 42.2 Å². The highest BCUT2D eigenvalue weighted by atomic mass is 32.2. The second-order valence-corrected chi connectivity index (χ2v) is 11.4. The van der Waals surface area contributed by atoms with E-state index < -0.39 is 10.0 Å². The van der Waals surface area contributed by atoms with E-state index in [9.17, 15) is 13.2 Å². The highest BCUT2D eigenvalue weighted by Crippen LogP contribution is 2.31. The van der Waals surface area contributed by atoms with Gasteiger partial charge in [-0.15, -0.1) is 0 Å². The minimum absolute atomic E-state index is 0.0911. The Morgan fingerprint density at radius 3 is 2.59 bits per heavy atom. The maximum absolute atomic E-state index is 13.7. The summed E-state index contributed by atoms with van der Waals surface area (Å²) in [6.07, 6.45) is 9.02. The van der Waals surface area contributed by atoms with Crippen molar-refractivity contribution in [2.45, 2.75) is 70.2 Å². The van der Waals surface area contributed by atoms with Gasteiger partial charge in [0.1, 0.15) is 5.69 Å². The standard InChI is InChI=1S/C26H35N3O4S/c1-4-23-9-5-6-17-29(23)26(30)22-8-7-16-28(18-22)34(31,32)25-20(3)27-33-24(25)15-14-21-12-10-19(2)11-13-21/h10-15,22-23H,4-9,16-18H2,1-3H3. The first-order chi connectivity index (χ1) is 16.3. The number of piperidine rings is 2. The van der Waals surface area contributed by atoms with Crippen LogP contribution in [0, 0.1) is 19.8 Å². The molecule has 0 aliphatic carbocycles. The van der Waals surface area contributed by atoms with Crippen LogP contribution >= 0.6 is 0 Å². The summed E-state index contributed by atoms with van der Waals surface area (Å²) in [4.78, 5) is 15.5. The van der Waals surface area contributed by atoms with Gasteiger partial charge in [0.05, 0.1) is 5.92 Å². The van der Waals surface area contributed by atoms with E-state index >= 15 is 0 Å². The van der Waals surface area contributed by atoms with Crippen LogP contribution < -0.4 is 0 Å². The minimum atomic E-state index is -3.85. The second-order valence-electron chi connectivity index (χ2n) is 9.50. The number of carbonyl (C=O) groups excluding carboxylic acids is 1. The largest absolute Gasteiger partial charge is 0.355 e. The Morgan fingerprint density at radius 2 is 1.85 bits per heavy atom. The van der Waals surface area contributed by atoms with Crippen LogP contribution in [-0.2, 0) is 14.8 Å². The summed E-state index contributed by atoms with van der Waals surface area (Å²) in [5, 5.41) is 3.95. The predicted octanol–water partition coefficient (Wildman–Crippen LogP) is 4.65. The van der Waals surface area contributed by atoms with Gasteiger partial charge < -0.3 is 9.42 Å². The van der Waals surface area contributed by atoms with Crippen molar-refractivity contribution in [3.8, 4) is 0 Å². The lowest BCUT2D eigenvalue weighted by atomic mass is 9.93. The molecule has 2 aromatic rings. The van der Waals surface area contributed by atoms with Crippen molar-refractivity contribution >= 4 is 28.1 Å². The first-order valence-corrected chi connectivity index (χ1v) is 13.8. The molecule has 2 unspecified atom stereocenters. The number of rotatable bonds is 6. The maximum atomic E-state index is 13.7. The van der Waals surface area contributed by atoms with Gasteiger partial charge in [0.15, 0.2) is 10.7 Å². The van der Waals surface area contributed by atoms with E-state index in [1.54, 1.807) is 13.0 Å². The van der Waals surface area contributed by atoms with Crippen LogP contribution in [0.2, 0.25) is 0 Å². The van der Waals surface area contributed by atoms with E-state index in [-0.39, 0.29) is 35.1 Å². The quantitative estimate of drug-likeness (QED) is 0.595. The fourth-order valence-electron chi connectivity index (χ4n) is 5.09. The molecule has 4 rings (SSSR count). The van der Waals surface area contributed by atoms with Crippen LogP contribution in [0.5, 0.6) is 0 Å². The van der Waals surface area contributed by atoms with Gasteiger partial charge in [-0.25, -0.2) is 8.42 Å². The fraction of sp³-hybridized carbons (Fsp3) is 0.538. The van der Waals surface area contributed by atoms with Gasteiger partial charge >= 0.3 is 0 Å². The summed E-state index contributed by atoms with van der Waals surface area (Å²) in [7, 11) is -3.85. The number of sulfonamides is 1. The van der Waals surface area contributed by atoms with Crippen LogP contribution in [0.25, 0.3) is 12.2 Å². The first kappa shape index (κ1) is 24.7. The molecule has 8 heteroatoms. The normalized spacial score (nSPS) is 22.4. The molecular weight excluding hydrogens is 450 g/mol. The zero-order chi connectivity index (χ0) is 24.3. The van der Waals surface area contributed by atoms with Crippen LogP contribution in [0.1, 0.15) is 68.0 Å². The van der Waals surface area contributed by atoms with Gasteiger partial charge in [0.2, 0.25) is 15.9 Å². The van der Waals surface area contributed by atoms with E-state index in [0.717, 1.165) is 49.8 Å².